The Kier molecular flexibility index (Phi) is 13.6. The Morgan fingerprint density at radius 1 is 1.27 bits per heavy atom. The molecular weight excluding hydrogens is 711 g/mol. The van der Waals surface area contributed by atoms with Crippen molar-refractivity contribution in [1.82, 2.24) is 10.2 Å². The second kappa shape index (κ2) is 16.2. The molecule has 3 aliphatic heterocycles. The normalized spacial score (nSPS) is 33.0. The Morgan fingerprint density at radius 2 is 1.96 bits per heavy atom. The topological polar surface area (TPSA) is 138 Å². The number of carbonyl (C=O) groups is 4. The van der Waals surface area contributed by atoms with Crippen LogP contribution in [-0.2, 0) is 67.7 Å². The average molecular weight is 760 g/mol. The fourth-order valence-electron chi connectivity index (χ4n) is 6.43. The van der Waals surface area contributed by atoms with Crippen molar-refractivity contribution in [3.8, 4) is 0 Å². The zero-order valence-electron chi connectivity index (χ0n) is 29.1. The van der Waals surface area contributed by atoms with Gasteiger partial charge in [0.1, 0.15) is 29.6 Å². The number of epoxide rings is 1. The van der Waals surface area contributed by atoms with E-state index < -0.39 is 59.6 Å². The molecule has 3 aliphatic rings. The second-order valence-corrected chi connectivity index (χ2v) is 13.7. The van der Waals surface area contributed by atoms with E-state index in [1.54, 1.807) is 20.9 Å². The number of ether oxygens (including phenoxy) is 3. The van der Waals surface area contributed by atoms with E-state index in [2.05, 4.69) is 24.0 Å². The van der Waals surface area contributed by atoms with Crippen molar-refractivity contribution in [2.24, 2.45) is 11.8 Å². The van der Waals surface area contributed by atoms with Gasteiger partial charge in [-0.2, -0.15) is 35.9 Å². The molecule has 11 nitrogen and oxygen atoms in total. The van der Waals surface area contributed by atoms with Crippen LogP contribution in [0.25, 0.3) is 0 Å². The van der Waals surface area contributed by atoms with Crippen LogP contribution in [0.1, 0.15) is 65.0 Å². The Bertz CT molecular complexity index is 1450. The molecule has 0 aliphatic carbocycles. The monoisotopic (exact) mass is 759 g/mol. The molecule has 1 radical (unpaired) electrons. The molecule has 8 atom stereocenters. The van der Waals surface area contributed by atoms with E-state index in [0.29, 0.717) is 12.1 Å². The largest absolute Gasteiger partial charge is 0.457 e. The van der Waals surface area contributed by atoms with Gasteiger partial charge < -0.3 is 29.1 Å². The summed E-state index contributed by atoms with van der Waals surface area (Å²) >= 11 is 4.31. The fourth-order valence-corrected chi connectivity index (χ4v) is 6.82. The Balaban J connectivity index is 0.00000625. The molecule has 2 saturated heterocycles. The first kappa shape index (κ1) is 40.2. The van der Waals surface area contributed by atoms with Gasteiger partial charge in [0.05, 0.1) is 12.5 Å². The van der Waals surface area contributed by atoms with E-state index in [9.17, 15) is 24.3 Å². The van der Waals surface area contributed by atoms with Crippen LogP contribution in [0.3, 0.4) is 0 Å². The van der Waals surface area contributed by atoms with Gasteiger partial charge >= 0.3 is 12.1 Å². The molecule has 261 valence electrons. The zero-order valence-corrected chi connectivity index (χ0v) is 32.8. The van der Waals surface area contributed by atoms with Crippen LogP contribution in [0.15, 0.2) is 35.9 Å². The Hall–Kier alpha value is -2.25. The molecule has 2 N–H and O–H groups in total. The average Bonchev–Trinajstić information content (AvgIpc) is 3.70. The number of hydrogen-bond donors (Lipinski definition) is 3. The predicted molar refractivity (Wildman–Crippen MR) is 180 cm³/mol. The standard InChI is InChI=1S/C35H48N3O8S.Y/c1-9-29(39)38(8)26(19-47)32(41)45-28-17-30(40)37(7)25-15-21(3)14-24(16-25)13-20(2)11-10-12-22(4)35(43)18-27(44-33(42)36-35)23(5)31-34(28,6)46-31;/h10-12,14,16,22-23,26-28,31,43,47H,9,13,17-19H2,1-8H3,(H,36,42);/q-1;/b12-10+,20-11+;. The maximum atomic E-state index is 13.9. The number of aliphatic hydroxyl groups is 1. The van der Waals surface area contributed by atoms with Crippen molar-refractivity contribution < 1.29 is 71.2 Å². The number of amides is 3. The van der Waals surface area contributed by atoms with Crippen LogP contribution in [0.5, 0.6) is 0 Å². The van der Waals surface area contributed by atoms with Crippen LogP contribution >= 0.6 is 12.6 Å². The maximum Gasteiger partial charge on any atom is 0.409 e. The van der Waals surface area contributed by atoms with E-state index in [1.165, 1.54) is 16.8 Å². The van der Waals surface area contributed by atoms with Crippen molar-refractivity contribution in [2.45, 2.75) is 103 Å². The zero-order chi connectivity index (χ0) is 34.8. The number of carbonyl (C=O) groups excluding carboxylic acids is 4. The number of aryl methyl sites for hydroxylation is 1. The van der Waals surface area contributed by atoms with Gasteiger partial charge in [-0.1, -0.05) is 57.2 Å². The third-order valence-corrected chi connectivity index (χ3v) is 10.1. The minimum absolute atomic E-state index is 0. The summed E-state index contributed by atoms with van der Waals surface area (Å²) in [5.41, 5.74) is 0.757. The molecule has 8 unspecified atom stereocenters. The minimum Gasteiger partial charge on any atom is -0.457 e. The van der Waals surface area contributed by atoms with Crippen molar-refractivity contribution in [3.05, 3.63) is 53.1 Å². The number of esters is 1. The van der Waals surface area contributed by atoms with Gasteiger partial charge in [-0.05, 0) is 20.3 Å². The first-order valence-electron chi connectivity index (χ1n) is 16.1. The van der Waals surface area contributed by atoms with Gasteiger partial charge in [0.25, 0.3) is 0 Å². The third-order valence-electron chi connectivity index (χ3n) is 9.71. The van der Waals surface area contributed by atoms with Gasteiger partial charge in [-0.15, -0.1) is 6.07 Å². The molecule has 0 aromatic heterocycles. The van der Waals surface area contributed by atoms with Gasteiger partial charge in [0, 0.05) is 77.2 Å². The molecule has 1 aromatic rings. The first-order valence-corrected chi connectivity index (χ1v) is 16.8. The molecule has 4 rings (SSSR count). The molecular formula is C35H48N3O8SY-. The smallest absolute Gasteiger partial charge is 0.409 e. The van der Waals surface area contributed by atoms with E-state index in [1.807, 2.05) is 58.1 Å². The van der Waals surface area contributed by atoms with Gasteiger partial charge in [-0.25, -0.2) is 9.59 Å². The van der Waals surface area contributed by atoms with Crippen LogP contribution < -0.4 is 10.2 Å². The summed E-state index contributed by atoms with van der Waals surface area (Å²) in [5.74, 6) is -2.17. The van der Waals surface area contributed by atoms with Crippen molar-refractivity contribution in [1.29, 1.82) is 0 Å². The molecule has 3 heterocycles. The SMILES string of the molecule is CCC(=O)N(C)C(CS)C(=O)OC1CC(=O)N(C)c2[c-]c(C)cc(c2)C/C(C)=C/C=C/C(C)C2(O)CC(OC(=O)N2)C(C)C2OC12C.[Y]. The number of alkyl carbamates (subject to hydrolysis) is 1. The number of thiol groups is 1. The summed E-state index contributed by atoms with van der Waals surface area (Å²) < 4.78 is 17.9. The van der Waals surface area contributed by atoms with Crippen LogP contribution in [-0.4, -0.2) is 89.4 Å². The molecule has 2 fully saturated rings. The summed E-state index contributed by atoms with van der Waals surface area (Å²) in [6.45, 7) is 11.0. The molecule has 0 spiro atoms. The minimum atomic E-state index is -1.58. The van der Waals surface area contributed by atoms with E-state index in [0.717, 1.165) is 16.7 Å². The Labute approximate surface area is 314 Å². The van der Waals surface area contributed by atoms with Gasteiger partial charge in [0.2, 0.25) is 11.8 Å². The summed E-state index contributed by atoms with van der Waals surface area (Å²) in [6, 6.07) is 6.20. The van der Waals surface area contributed by atoms with Crippen LogP contribution in [0, 0.1) is 24.8 Å². The fraction of sp³-hybridized carbons (Fsp3) is 0.600. The quantitative estimate of drug-likeness (QED) is 0.178. The molecule has 13 heteroatoms. The van der Waals surface area contributed by atoms with E-state index in [-0.39, 0.29) is 69.5 Å². The number of allylic oxidation sites excluding steroid dienone is 3. The molecule has 48 heavy (non-hydrogen) atoms. The molecule has 0 saturated carbocycles. The second-order valence-electron chi connectivity index (χ2n) is 13.3. The summed E-state index contributed by atoms with van der Waals surface area (Å²) in [4.78, 5) is 55.4. The summed E-state index contributed by atoms with van der Waals surface area (Å²) in [6.07, 6.45) is 3.22. The number of nitrogens with one attached hydrogen (secondary N) is 1. The predicted octanol–water partition coefficient (Wildman–Crippen LogP) is 3.90. The summed E-state index contributed by atoms with van der Waals surface area (Å²) in [5, 5.41) is 14.2. The van der Waals surface area contributed by atoms with Gasteiger partial charge in [0.15, 0.2) is 0 Å². The van der Waals surface area contributed by atoms with E-state index in [4.69, 9.17) is 14.2 Å². The number of rotatable bonds is 5. The molecule has 4 bridgehead atoms. The molecule has 3 amide bonds. The van der Waals surface area contributed by atoms with E-state index >= 15 is 0 Å². The Morgan fingerprint density at radius 3 is 2.60 bits per heavy atom. The van der Waals surface area contributed by atoms with Crippen molar-refractivity contribution >= 4 is 42.2 Å². The van der Waals surface area contributed by atoms with Crippen molar-refractivity contribution in [2.75, 3.05) is 24.7 Å². The number of hydrogen-bond acceptors (Lipinski definition) is 9. The summed E-state index contributed by atoms with van der Waals surface area (Å²) in [7, 11) is 3.17. The van der Waals surface area contributed by atoms with Crippen molar-refractivity contribution in [3.63, 3.8) is 0 Å². The number of fused-ring (bicyclic) bond motifs is 5. The van der Waals surface area contributed by atoms with Gasteiger partial charge in [-0.3, -0.25) is 14.9 Å². The number of nitrogens with zero attached hydrogens (tertiary/aromatic N) is 2. The number of anilines is 1. The van der Waals surface area contributed by atoms with Crippen LogP contribution in [0.4, 0.5) is 10.5 Å². The maximum absolute atomic E-state index is 13.9. The number of benzene rings is 1. The number of likely N-dealkylation sites (N-methyl/N-ethyl adjacent to an activating group) is 1. The first-order chi connectivity index (χ1) is 22.0. The van der Waals surface area contributed by atoms with Crippen LogP contribution in [0.2, 0.25) is 0 Å². The molecule has 1 aromatic carbocycles. The third kappa shape index (κ3) is 8.91.